The van der Waals surface area contributed by atoms with E-state index in [1.165, 1.54) is 4.31 Å². The third-order valence-corrected chi connectivity index (χ3v) is 6.50. The lowest BCUT2D eigenvalue weighted by Gasteiger charge is -2.23. The molecule has 3 rings (SSSR count). The van der Waals surface area contributed by atoms with Crippen LogP contribution in [-0.4, -0.2) is 26.8 Å². The second-order valence-corrected chi connectivity index (χ2v) is 9.85. The standard InChI is InChI=1S/C22H21ClN2O3S2/c1-29-21-5-3-4-19(14-21)24-22(26)17-8-12-20(13-9-17)25(30(2,27)28)15-16-6-10-18(23)11-7-16/h3-14H,15H2,1-2H3,(H,24,26). The molecule has 0 saturated carbocycles. The molecular weight excluding hydrogens is 440 g/mol. The summed E-state index contributed by atoms with van der Waals surface area (Å²) in [5.74, 6) is -0.261. The third kappa shape index (κ3) is 5.78. The van der Waals surface area contributed by atoms with Crippen LogP contribution in [0.4, 0.5) is 11.4 Å². The van der Waals surface area contributed by atoms with E-state index in [4.69, 9.17) is 11.6 Å². The molecular formula is C22H21ClN2O3S2. The summed E-state index contributed by atoms with van der Waals surface area (Å²) < 4.78 is 26.0. The molecule has 8 heteroatoms. The molecule has 1 N–H and O–H groups in total. The Morgan fingerprint density at radius 1 is 1.03 bits per heavy atom. The van der Waals surface area contributed by atoms with Crippen molar-refractivity contribution in [3.05, 3.63) is 88.9 Å². The summed E-state index contributed by atoms with van der Waals surface area (Å²) in [5, 5.41) is 3.45. The van der Waals surface area contributed by atoms with Gasteiger partial charge >= 0.3 is 0 Å². The summed E-state index contributed by atoms with van der Waals surface area (Å²) in [6.07, 6.45) is 3.12. The molecule has 0 fully saturated rings. The first-order valence-electron chi connectivity index (χ1n) is 9.04. The van der Waals surface area contributed by atoms with Crippen LogP contribution < -0.4 is 9.62 Å². The van der Waals surface area contributed by atoms with E-state index >= 15 is 0 Å². The highest BCUT2D eigenvalue weighted by molar-refractivity contribution is 7.98. The first-order chi connectivity index (χ1) is 14.3. The Labute approximate surface area is 186 Å². The van der Waals surface area contributed by atoms with Crippen molar-refractivity contribution < 1.29 is 13.2 Å². The van der Waals surface area contributed by atoms with Crippen molar-refractivity contribution in [3.63, 3.8) is 0 Å². The number of rotatable bonds is 7. The van der Waals surface area contributed by atoms with Crippen LogP contribution in [0.3, 0.4) is 0 Å². The molecule has 156 valence electrons. The summed E-state index contributed by atoms with van der Waals surface area (Å²) in [7, 11) is -3.52. The lowest BCUT2D eigenvalue weighted by molar-refractivity contribution is 0.102. The molecule has 3 aromatic carbocycles. The molecule has 3 aromatic rings. The summed E-state index contributed by atoms with van der Waals surface area (Å²) in [5.41, 5.74) is 2.43. The van der Waals surface area contributed by atoms with E-state index < -0.39 is 10.0 Å². The summed E-state index contributed by atoms with van der Waals surface area (Å²) >= 11 is 7.50. The molecule has 0 aromatic heterocycles. The number of sulfonamides is 1. The molecule has 0 aliphatic heterocycles. The van der Waals surface area contributed by atoms with Crippen LogP contribution in [0.2, 0.25) is 5.02 Å². The predicted octanol–water partition coefficient (Wildman–Crippen LogP) is 5.28. The van der Waals surface area contributed by atoms with E-state index in [2.05, 4.69) is 5.32 Å². The van der Waals surface area contributed by atoms with Gasteiger partial charge in [-0.05, 0) is 66.4 Å². The Hall–Kier alpha value is -2.48. The van der Waals surface area contributed by atoms with Crippen LogP contribution in [0.1, 0.15) is 15.9 Å². The summed E-state index contributed by atoms with van der Waals surface area (Å²) in [6, 6.07) is 21.1. The molecule has 1 amide bonds. The number of nitrogens with one attached hydrogen (secondary N) is 1. The monoisotopic (exact) mass is 460 g/mol. The largest absolute Gasteiger partial charge is 0.322 e. The Morgan fingerprint density at radius 2 is 1.70 bits per heavy atom. The Morgan fingerprint density at radius 3 is 2.30 bits per heavy atom. The number of thioether (sulfide) groups is 1. The normalized spacial score (nSPS) is 11.2. The van der Waals surface area contributed by atoms with Crippen molar-refractivity contribution in [2.24, 2.45) is 0 Å². The topological polar surface area (TPSA) is 66.5 Å². The molecule has 5 nitrogen and oxygen atoms in total. The number of halogens is 1. The van der Waals surface area contributed by atoms with Crippen LogP contribution in [-0.2, 0) is 16.6 Å². The summed E-state index contributed by atoms with van der Waals surface area (Å²) in [6.45, 7) is 0.170. The van der Waals surface area contributed by atoms with Gasteiger partial charge in [0.05, 0.1) is 18.5 Å². The fraction of sp³-hybridized carbons (Fsp3) is 0.136. The molecule has 0 spiro atoms. The molecule has 0 aliphatic rings. The number of benzene rings is 3. The Balaban J connectivity index is 1.78. The van der Waals surface area contributed by atoms with Crippen LogP contribution in [0.15, 0.2) is 77.7 Å². The zero-order valence-corrected chi connectivity index (χ0v) is 18.9. The fourth-order valence-corrected chi connectivity index (χ4v) is 4.31. The lowest BCUT2D eigenvalue weighted by atomic mass is 10.1. The Bertz CT molecular complexity index is 1130. The van der Waals surface area contributed by atoms with E-state index in [1.807, 2.05) is 30.5 Å². The number of hydrogen-bond acceptors (Lipinski definition) is 4. The minimum absolute atomic E-state index is 0.170. The highest BCUT2D eigenvalue weighted by atomic mass is 35.5. The summed E-state index contributed by atoms with van der Waals surface area (Å²) in [4.78, 5) is 13.6. The zero-order chi connectivity index (χ0) is 21.7. The van der Waals surface area contributed by atoms with Gasteiger partial charge in [-0.15, -0.1) is 11.8 Å². The van der Waals surface area contributed by atoms with Crippen LogP contribution in [0, 0.1) is 0 Å². The molecule has 0 bridgehead atoms. The second kappa shape index (κ2) is 9.55. The highest BCUT2D eigenvalue weighted by Gasteiger charge is 2.18. The van der Waals surface area contributed by atoms with Crippen molar-refractivity contribution in [3.8, 4) is 0 Å². The molecule has 30 heavy (non-hydrogen) atoms. The maximum atomic E-state index is 12.6. The smallest absolute Gasteiger partial charge is 0.255 e. The third-order valence-electron chi connectivity index (χ3n) is 4.38. The van der Waals surface area contributed by atoms with Gasteiger partial charge in [0, 0.05) is 21.2 Å². The van der Waals surface area contributed by atoms with Gasteiger partial charge in [-0.1, -0.05) is 29.8 Å². The van der Waals surface area contributed by atoms with Crippen molar-refractivity contribution in [1.29, 1.82) is 0 Å². The van der Waals surface area contributed by atoms with Gasteiger partial charge in [0.2, 0.25) is 10.0 Å². The van der Waals surface area contributed by atoms with Crippen molar-refractivity contribution >= 4 is 50.7 Å². The maximum Gasteiger partial charge on any atom is 0.255 e. The van der Waals surface area contributed by atoms with Crippen molar-refractivity contribution in [2.45, 2.75) is 11.4 Å². The number of carbonyl (C=O) groups is 1. The lowest BCUT2D eigenvalue weighted by Crippen LogP contribution is -2.29. The molecule has 0 radical (unpaired) electrons. The minimum Gasteiger partial charge on any atom is -0.322 e. The maximum absolute atomic E-state index is 12.6. The zero-order valence-electron chi connectivity index (χ0n) is 16.5. The van der Waals surface area contributed by atoms with Gasteiger partial charge in [-0.25, -0.2) is 8.42 Å². The van der Waals surface area contributed by atoms with Gasteiger partial charge in [0.1, 0.15) is 0 Å². The second-order valence-electron chi connectivity index (χ2n) is 6.63. The van der Waals surface area contributed by atoms with Gasteiger partial charge in [-0.3, -0.25) is 9.10 Å². The average molecular weight is 461 g/mol. The SMILES string of the molecule is CSc1cccc(NC(=O)c2ccc(N(Cc3ccc(Cl)cc3)S(C)(=O)=O)cc2)c1. The minimum atomic E-state index is -3.52. The number of amides is 1. The number of hydrogen-bond donors (Lipinski definition) is 1. The Kier molecular flexibility index (Phi) is 7.07. The fourth-order valence-electron chi connectivity index (χ4n) is 2.84. The van der Waals surface area contributed by atoms with E-state index in [1.54, 1.807) is 60.3 Å². The highest BCUT2D eigenvalue weighted by Crippen LogP contribution is 2.23. The van der Waals surface area contributed by atoms with Crippen LogP contribution in [0.25, 0.3) is 0 Å². The number of nitrogens with zero attached hydrogens (tertiary/aromatic N) is 1. The first kappa shape index (κ1) is 22.2. The van der Waals surface area contributed by atoms with Gasteiger partial charge in [0.15, 0.2) is 0 Å². The van der Waals surface area contributed by atoms with Gasteiger partial charge < -0.3 is 5.32 Å². The molecule has 0 atom stereocenters. The van der Waals surface area contributed by atoms with Gasteiger partial charge in [0.25, 0.3) is 5.91 Å². The van der Waals surface area contributed by atoms with E-state index in [9.17, 15) is 13.2 Å². The molecule has 0 heterocycles. The van der Waals surface area contributed by atoms with Crippen LogP contribution in [0.5, 0.6) is 0 Å². The van der Waals surface area contributed by atoms with E-state index in [-0.39, 0.29) is 12.5 Å². The van der Waals surface area contributed by atoms with Crippen LogP contribution >= 0.6 is 23.4 Å². The molecule has 0 aliphatic carbocycles. The van der Waals surface area contributed by atoms with Crippen molar-refractivity contribution in [2.75, 3.05) is 22.1 Å². The van der Waals surface area contributed by atoms with Gasteiger partial charge in [-0.2, -0.15) is 0 Å². The molecule has 0 saturated heterocycles. The number of anilines is 2. The average Bonchev–Trinajstić information content (AvgIpc) is 2.72. The predicted molar refractivity (Wildman–Crippen MR) is 125 cm³/mol. The van der Waals surface area contributed by atoms with E-state index in [0.717, 1.165) is 16.7 Å². The number of carbonyl (C=O) groups excluding carboxylic acids is 1. The molecule has 0 unspecified atom stereocenters. The first-order valence-corrected chi connectivity index (χ1v) is 12.5. The van der Waals surface area contributed by atoms with Crippen molar-refractivity contribution in [1.82, 2.24) is 0 Å². The quantitative estimate of drug-likeness (QED) is 0.487. The van der Waals surface area contributed by atoms with E-state index in [0.29, 0.717) is 22.0 Å².